The molecule has 0 aliphatic heterocycles. The summed E-state index contributed by atoms with van der Waals surface area (Å²) in [6, 6.07) is 4.06. The minimum atomic E-state index is -3.84. The Morgan fingerprint density at radius 1 is 1.40 bits per heavy atom. The van der Waals surface area contributed by atoms with E-state index < -0.39 is 21.5 Å². The Labute approximate surface area is 117 Å². The molecule has 0 radical (unpaired) electrons. The van der Waals surface area contributed by atoms with Crippen molar-refractivity contribution >= 4 is 16.0 Å². The Kier molecular flexibility index (Phi) is 3.86. The van der Waals surface area contributed by atoms with Crippen molar-refractivity contribution in [3.8, 4) is 0 Å². The molecule has 20 heavy (non-hydrogen) atoms. The van der Waals surface area contributed by atoms with E-state index in [2.05, 4.69) is 4.72 Å². The highest BCUT2D eigenvalue weighted by molar-refractivity contribution is 7.89. The second kappa shape index (κ2) is 5.16. The summed E-state index contributed by atoms with van der Waals surface area (Å²) >= 11 is 0. The number of benzene rings is 1. The molecular weight excluding hydrogens is 282 g/mol. The molecule has 1 fully saturated rings. The molecule has 0 saturated heterocycles. The van der Waals surface area contributed by atoms with Crippen LogP contribution in [0.3, 0.4) is 0 Å². The molecule has 0 amide bonds. The highest BCUT2D eigenvalue weighted by atomic mass is 32.2. The SMILES string of the molecule is CCc1ccc(C(=O)O)cc1S(=O)(=O)NC1(CO)CC1. The van der Waals surface area contributed by atoms with Gasteiger partial charge in [0.2, 0.25) is 10.0 Å². The number of carboxylic acid groups (broad SMARTS) is 1. The largest absolute Gasteiger partial charge is 0.478 e. The Bertz CT molecular complexity index is 634. The number of aryl methyl sites for hydroxylation is 1. The van der Waals surface area contributed by atoms with E-state index in [4.69, 9.17) is 5.11 Å². The third-order valence-corrected chi connectivity index (χ3v) is 5.15. The Hall–Kier alpha value is -1.44. The summed E-state index contributed by atoms with van der Waals surface area (Å²) in [5.74, 6) is -1.17. The Balaban J connectivity index is 2.44. The molecule has 7 heteroatoms. The van der Waals surface area contributed by atoms with Crippen LogP contribution < -0.4 is 4.72 Å². The van der Waals surface area contributed by atoms with Gasteiger partial charge in [0.05, 0.1) is 22.6 Å². The van der Waals surface area contributed by atoms with Crippen LogP contribution in [0, 0.1) is 0 Å². The average Bonchev–Trinajstić information content (AvgIpc) is 3.17. The van der Waals surface area contributed by atoms with Crippen LogP contribution in [0.15, 0.2) is 23.1 Å². The predicted octanol–water partition coefficient (Wildman–Crippen LogP) is 0.750. The number of aliphatic hydroxyl groups excluding tert-OH is 1. The molecule has 110 valence electrons. The molecule has 3 N–H and O–H groups in total. The second-order valence-electron chi connectivity index (χ2n) is 5.03. The number of hydrogen-bond donors (Lipinski definition) is 3. The lowest BCUT2D eigenvalue weighted by molar-refractivity contribution is 0.0696. The van der Waals surface area contributed by atoms with Crippen molar-refractivity contribution in [2.24, 2.45) is 0 Å². The van der Waals surface area contributed by atoms with Gasteiger partial charge in [0.25, 0.3) is 0 Å². The molecule has 1 aromatic carbocycles. The fraction of sp³-hybridized carbons (Fsp3) is 0.462. The molecule has 0 atom stereocenters. The molecule has 1 saturated carbocycles. The van der Waals surface area contributed by atoms with Crippen molar-refractivity contribution in [3.05, 3.63) is 29.3 Å². The number of carboxylic acids is 1. The van der Waals surface area contributed by atoms with Crippen LogP contribution in [0.1, 0.15) is 35.7 Å². The van der Waals surface area contributed by atoms with E-state index in [1.807, 2.05) is 0 Å². The van der Waals surface area contributed by atoms with Crippen molar-refractivity contribution in [2.75, 3.05) is 6.61 Å². The maximum Gasteiger partial charge on any atom is 0.335 e. The first-order valence-electron chi connectivity index (χ1n) is 6.34. The van der Waals surface area contributed by atoms with Gasteiger partial charge in [-0.2, -0.15) is 0 Å². The van der Waals surface area contributed by atoms with Crippen LogP contribution in [0.4, 0.5) is 0 Å². The Morgan fingerprint density at radius 2 is 2.05 bits per heavy atom. The fourth-order valence-electron chi connectivity index (χ4n) is 2.01. The topological polar surface area (TPSA) is 104 Å². The van der Waals surface area contributed by atoms with E-state index in [-0.39, 0.29) is 17.1 Å². The van der Waals surface area contributed by atoms with Crippen LogP contribution in [0.5, 0.6) is 0 Å². The van der Waals surface area contributed by atoms with Crippen molar-refractivity contribution in [1.29, 1.82) is 0 Å². The first-order valence-corrected chi connectivity index (χ1v) is 7.83. The smallest absolute Gasteiger partial charge is 0.335 e. The number of rotatable bonds is 6. The fourth-order valence-corrected chi connectivity index (χ4v) is 3.80. The van der Waals surface area contributed by atoms with Gasteiger partial charge in [0.15, 0.2) is 0 Å². The number of sulfonamides is 1. The van der Waals surface area contributed by atoms with E-state index in [1.165, 1.54) is 12.1 Å². The summed E-state index contributed by atoms with van der Waals surface area (Å²) in [4.78, 5) is 11.0. The minimum absolute atomic E-state index is 0.0281. The van der Waals surface area contributed by atoms with E-state index in [0.717, 1.165) is 6.07 Å². The normalized spacial score (nSPS) is 16.9. The van der Waals surface area contributed by atoms with Gasteiger partial charge in [0.1, 0.15) is 0 Å². The molecule has 0 unspecified atom stereocenters. The first-order chi connectivity index (χ1) is 9.33. The predicted molar refractivity (Wildman–Crippen MR) is 72.2 cm³/mol. The molecule has 0 aromatic heterocycles. The van der Waals surface area contributed by atoms with Crippen molar-refractivity contribution in [1.82, 2.24) is 4.72 Å². The van der Waals surface area contributed by atoms with Gasteiger partial charge in [-0.1, -0.05) is 13.0 Å². The van der Waals surface area contributed by atoms with E-state index in [0.29, 0.717) is 24.8 Å². The lowest BCUT2D eigenvalue weighted by atomic mass is 10.1. The zero-order valence-corrected chi connectivity index (χ0v) is 11.9. The molecule has 0 heterocycles. The van der Waals surface area contributed by atoms with Crippen LogP contribution >= 0.6 is 0 Å². The third-order valence-electron chi connectivity index (χ3n) is 3.49. The summed E-state index contributed by atoms with van der Waals surface area (Å²) in [6.45, 7) is 1.54. The molecule has 1 aromatic rings. The lowest BCUT2D eigenvalue weighted by Crippen LogP contribution is -2.39. The van der Waals surface area contributed by atoms with Crippen LogP contribution in [-0.4, -0.2) is 36.7 Å². The molecule has 0 spiro atoms. The summed E-state index contributed by atoms with van der Waals surface area (Å²) < 4.78 is 27.3. The van der Waals surface area contributed by atoms with Gasteiger partial charge in [-0.25, -0.2) is 17.9 Å². The molecule has 2 rings (SSSR count). The van der Waals surface area contributed by atoms with Gasteiger partial charge in [-0.15, -0.1) is 0 Å². The number of nitrogens with one attached hydrogen (secondary N) is 1. The van der Waals surface area contributed by atoms with Crippen molar-refractivity contribution in [3.63, 3.8) is 0 Å². The van der Waals surface area contributed by atoms with Gasteiger partial charge in [-0.05, 0) is 37.0 Å². The Morgan fingerprint density at radius 3 is 2.50 bits per heavy atom. The standard InChI is InChI=1S/C13H17NO5S/c1-2-9-3-4-10(12(16)17)7-11(9)20(18,19)14-13(8-15)5-6-13/h3-4,7,14-15H,2,5-6,8H2,1H3,(H,16,17). The molecule has 0 bridgehead atoms. The highest BCUT2D eigenvalue weighted by Gasteiger charge is 2.45. The molecule has 1 aliphatic rings. The molecule has 6 nitrogen and oxygen atoms in total. The first kappa shape index (κ1) is 15.0. The van der Waals surface area contributed by atoms with Crippen LogP contribution in [0.25, 0.3) is 0 Å². The van der Waals surface area contributed by atoms with Crippen LogP contribution in [0.2, 0.25) is 0 Å². The molecular formula is C13H17NO5S. The van der Waals surface area contributed by atoms with Gasteiger partial charge < -0.3 is 10.2 Å². The van der Waals surface area contributed by atoms with Gasteiger partial charge in [0, 0.05) is 0 Å². The number of hydrogen-bond acceptors (Lipinski definition) is 4. The van der Waals surface area contributed by atoms with Crippen LogP contribution in [-0.2, 0) is 16.4 Å². The average molecular weight is 299 g/mol. The van der Waals surface area contributed by atoms with Crippen molar-refractivity contribution < 1.29 is 23.4 Å². The quantitative estimate of drug-likeness (QED) is 0.719. The van der Waals surface area contributed by atoms with E-state index >= 15 is 0 Å². The zero-order valence-electron chi connectivity index (χ0n) is 11.1. The highest BCUT2D eigenvalue weighted by Crippen LogP contribution is 2.36. The zero-order chi connectivity index (χ0) is 15.0. The van der Waals surface area contributed by atoms with Gasteiger partial charge >= 0.3 is 5.97 Å². The summed E-state index contributed by atoms with van der Waals surface area (Å²) in [5.41, 5.74) is -0.295. The summed E-state index contributed by atoms with van der Waals surface area (Å²) in [7, 11) is -3.84. The monoisotopic (exact) mass is 299 g/mol. The molecule has 1 aliphatic carbocycles. The summed E-state index contributed by atoms with van der Waals surface area (Å²) in [5, 5.41) is 18.2. The van der Waals surface area contributed by atoms with E-state index in [9.17, 15) is 18.3 Å². The number of aromatic carboxylic acids is 1. The second-order valence-corrected chi connectivity index (χ2v) is 6.68. The third kappa shape index (κ3) is 2.84. The maximum atomic E-state index is 12.4. The minimum Gasteiger partial charge on any atom is -0.478 e. The van der Waals surface area contributed by atoms with Gasteiger partial charge in [-0.3, -0.25) is 0 Å². The van der Waals surface area contributed by atoms with Crippen molar-refractivity contribution in [2.45, 2.75) is 36.6 Å². The maximum absolute atomic E-state index is 12.4. The van der Waals surface area contributed by atoms with E-state index in [1.54, 1.807) is 6.92 Å². The number of carbonyl (C=O) groups is 1. The number of aliphatic hydroxyl groups is 1. The lowest BCUT2D eigenvalue weighted by Gasteiger charge is -2.17. The summed E-state index contributed by atoms with van der Waals surface area (Å²) in [6.07, 6.45) is 1.65.